The quantitative estimate of drug-likeness (QED) is 0.322. The summed E-state index contributed by atoms with van der Waals surface area (Å²) in [5, 5.41) is 8.59. The fraction of sp³-hybridized carbons (Fsp3) is 0.778. The summed E-state index contributed by atoms with van der Waals surface area (Å²) in [4.78, 5) is 10.4. The van der Waals surface area contributed by atoms with Crippen molar-refractivity contribution < 1.29 is 14.6 Å². The molecular weight excluding hydrogens is 264 g/mol. The van der Waals surface area contributed by atoms with Crippen molar-refractivity contribution in [2.45, 2.75) is 77.2 Å². The van der Waals surface area contributed by atoms with E-state index >= 15 is 0 Å². The van der Waals surface area contributed by atoms with Crippen molar-refractivity contribution in [1.82, 2.24) is 0 Å². The lowest BCUT2D eigenvalue weighted by Gasteiger charge is -2.20. The van der Waals surface area contributed by atoms with Gasteiger partial charge in [0.05, 0.1) is 12.2 Å². The molecule has 2 atom stereocenters. The maximum Gasteiger partial charge on any atom is 0.303 e. The fourth-order valence-electron chi connectivity index (χ4n) is 2.89. The predicted molar refractivity (Wildman–Crippen MR) is 85.4 cm³/mol. The van der Waals surface area contributed by atoms with Crippen LogP contribution >= 0.6 is 0 Å². The molecule has 2 unspecified atom stereocenters. The summed E-state index contributed by atoms with van der Waals surface area (Å²) < 4.78 is 5.80. The molecule has 0 aromatic heterocycles. The molecule has 21 heavy (non-hydrogen) atoms. The van der Waals surface area contributed by atoms with Gasteiger partial charge in [-0.25, -0.2) is 0 Å². The number of carbonyl (C=O) groups is 1. The first-order valence-electron chi connectivity index (χ1n) is 8.37. The molecule has 0 aromatic rings. The Kier molecular flexibility index (Phi) is 8.41. The molecule has 120 valence electrons. The Morgan fingerprint density at radius 2 is 2.00 bits per heavy atom. The normalized spacial score (nSPS) is 21.4. The SMILES string of the molecule is CC=C=CC(CCC)C1(CCCCCCCC(=O)O)CO1. The van der Waals surface area contributed by atoms with Gasteiger partial charge >= 0.3 is 5.97 Å². The Hall–Kier alpha value is -1.05. The number of rotatable bonds is 12. The lowest BCUT2D eigenvalue weighted by atomic mass is 9.84. The number of hydrogen-bond acceptors (Lipinski definition) is 2. The van der Waals surface area contributed by atoms with Crippen LogP contribution in [-0.4, -0.2) is 23.3 Å². The van der Waals surface area contributed by atoms with Gasteiger partial charge in [0.1, 0.15) is 0 Å². The summed E-state index contributed by atoms with van der Waals surface area (Å²) in [6, 6.07) is 0. The van der Waals surface area contributed by atoms with E-state index in [2.05, 4.69) is 18.7 Å². The predicted octanol–water partition coefficient (Wildman–Crippen LogP) is 4.72. The summed E-state index contributed by atoms with van der Waals surface area (Å²) >= 11 is 0. The maximum absolute atomic E-state index is 10.4. The van der Waals surface area contributed by atoms with E-state index < -0.39 is 5.97 Å². The number of hydrogen-bond donors (Lipinski definition) is 1. The van der Waals surface area contributed by atoms with Gasteiger partial charge in [0, 0.05) is 12.3 Å². The molecule has 1 heterocycles. The zero-order valence-electron chi connectivity index (χ0n) is 13.6. The van der Waals surface area contributed by atoms with E-state index in [-0.39, 0.29) is 5.60 Å². The smallest absolute Gasteiger partial charge is 0.303 e. The molecule has 0 saturated carbocycles. The zero-order valence-corrected chi connectivity index (χ0v) is 13.6. The minimum Gasteiger partial charge on any atom is -0.481 e. The van der Waals surface area contributed by atoms with E-state index in [1.165, 1.54) is 25.7 Å². The van der Waals surface area contributed by atoms with E-state index in [0.29, 0.717) is 12.3 Å². The number of unbranched alkanes of at least 4 members (excludes halogenated alkanes) is 4. The molecule has 3 nitrogen and oxygen atoms in total. The molecule has 1 fully saturated rings. The standard InChI is InChI=1S/C18H30O3/c1-3-5-12-16(11-4-2)18(15-21-18)14-10-8-6-7-9-13-17(19)20/h3,12,16H,4,6-11,13-15H2,1-2H3,(H,19,20). The highest BCUT2D eigenvalue weighted by atomic mass is 16.6. The third-order valence-corrected chi connectivity index (χ3v) is 4.25. The first kappa shape index (κ1) is 18.0. The number of carboxylic acids is 1. The Balaban J connectivity index is 2.23. The van der Waals surface area contributed by atoms with E-state index in [0.717, 1.165) is 32.3 Å². The Morgan fingerprint density at radius 1 is 1.33 bits per heavy atom. The van der Waals surface area contributed by atoms with Crippen molar-refractivity contribution in [3.63, 3.8) is 0 Å². The van der Waals surface area contributed by atoms with E-state index in [1.807, 2.05) is 13.0 Å². The van der Waals surface area contributed by atoms with Gasteiger partial charge < -0.3 is 9.84 Å². The van der Waals surface area contributed by atoms with Crippen LogP contribution in [0.15, 0.2) is 17.9 Å². The van der Waals surface area contributed by atoms with Gasteiger partial charge in [-0.2, -0.15) is 0 Å². The molecule has 0 aromatic carbocycles. The van der Waals surface area contributed by atoms with Crippen molar-refractivity contribution in [2.24, 2.45) is 5.92 Å². The molecule has 1 N–H and O–H groups in total. The van der Waals surface area contributed by atoms with Crippen molar-refractivity contribution in [3.8, 4) is 0 Å². The van der Waals surface area contributed by atoms with E-state index in [4.69, 9.17) is 9.84 Å². The number of aliphatic carboxylic acids is 1. The van der Waals surface area contributed by atoms with Crippen LogP contribution in [0.2, 0.25) is 0 Å². The zero-order chi connectivity index (χ0) is 15.6. The first-order valence-corrected chi connectivity index (χ1v) is 8.37. The molecule has 0 aliphatic carbocycles. The van der Waals surface area contributed by atoms with Crippen LogP contribution in [0.4, 0.5) is 0 Å². The molecule has 0 amide bonds. The third kappa shape index (κ3) is 6.97. The highest BCUT2D eigenvalue weighted by Crippen LogP contribution is 2.43. The van der Waals surface area contributed by atoms with Crippen molar-refractivity contribution in [3.05, 3.63) is 17.9 Å². The Bertz CT molecular complexity index is 363. The van der Waals surface area contributed by atoms with Crippen LogP contribution in [0.1, 0.15) is 71.6 Å². The van der Waals surface area contributed by atoms with Crippen molar-refractivity contribution in [1.29, 1.82) is 0 Å². The van der Waals surface area contributed by atoms with Crippen LogP contribution in [0.5, 0.6) is 0 Å². The number of carboxylic acid groups (broad SMARTS) is 1. The van der Waals surface area contributed by atoms with Gasteiger partial charge in [0.15, 0.2) is 0 Å². The molecule has 1 saturated heterocycles. The maximum atomic E-state index is 10.4. The summed E-state index contributed by atoms with van der Waals surface area (Å²) in [5.74, 6) is -0.191. The molecular formula is C18H30O3. The largest absolute Gasteiger partial charge is 0.481 e. The highest BCUT2D eigenvalue weighted by molar-refractivity contribution is 5.66. The van der Waals surface area contributed by atoms with Gasteiger partial charge in [0.2, 0.25) is 0 Å². The highest BCUT2D eigenvalue weighted by Gasteiger charge is 2.49. The Morgan fingerprint density at radius 3 is 2.57 bits per heavy atom. The number of epoxide rings is 1. The molecule has 0 radical (unpaired) electrons. The monoisotopic (exact) mass is 294 g/mol. The lowest BCUT2D eigenvalue weighted by Crippen LogP contribution is -2.22. The van der Waals surface area contributed by atoms with Crippen LogP contribution < -0.4 is 0 Å². The van der Waals surface area contributed by atoms with Gasteiger partial charge in [-0.3, -0.25) is 4.79 Å². The van der Waals surface area contributed by atoms with Crippen LogP contribution in [-0.2, 0) is 9.53 Å². The van der Waals surface area contributed by atoms with E-state index in [9.17, 15) is 4.79 Å². The van der Waals surface area contributed by atoms with Gasteiger partial charge in [-0.15, -0.1) is 5.73 Å². The van der Waals surface area contributed by atoms with E-state index in [1.54, 1.807) is 0 Å². The minimum absolute atomic E-state index is 0.0765. The third-order valence-electron chi connectivity index (χ3n) is 4.25. The molecule has 0 bridgehead atoms. The van der Waals surface area contributed by atoms with Gasteiger partial charge in [0.25, 0.3) is 0 Å². The van der Waals surface area contributed by atoms with Gasteiger partial charge in [-0.1, -0.05) is 39.0 Å². The fourth-order valence-corrected chi connectivity index (χ4v) is 2.89. The topological polar surface area (TPSA) is 49.8 Å². The summed E-state index contributed by atoms with van der Waals surface area (Å²) in [7, 11) is 0. The molecule has 1 aliphatic heterocycles. The Labute approximate surface area is 129 Å². The second kappa shape index (κ2) is 9.81. The number of ether oxygens (including phenoxy) is 1. The second-order valence-electron chi connectivity index (χ2n) is 6.03. The molecule has 0 spiro atoms. The first-order chi connectivity index (χ1) is 10.1. The summed E-state index contributed by atoms with van der Waals surface area (Å²) in [5.41, 5.74) is 3.30. The summed E-state index contributed by atoms with van der Waals surface area (Å²) in [6.07, 6.45) is 13.2. The lowest BCUT2D eigenvalue weighted by molar-refractivity contribution is -0.137. The minimum atomic E-state index is -0.682. The van der Waals surface area contributed by atoms with Crippen LogP contribution in [0.3, 0.4) is 0 Å². The molecule has 1 rings (SSSR count). The van der Waals surface area contributed by atoms with Crippen molar-refractivity contribution >= 4 is 5.97 Å². The second-order valence-corrected chi connectivity index (χ2v) is 6.03. The van der Waals surface area contributed by atoms with Crippen LogP contribution in [0.25, 0.3) is 0 Å². The average Bonchev–Trinajstić information content (AvgIpc) is 3.23. The average molecular weight is 294 g/mol. The molecule has 1 aliphatic rings. The van der Waals surface area contributed by atoms with Crippen LogP contribution in [0, 0.1) is 5.92 Å². The summed E-state index contributed by atoms with van der Waals surface area (Å²) in [6.45, 7) is 5.10. The van der Waals surface area contributed by atoms with Gasteiger partial charge in [-0.05, 0) is 38.3 Å². The van der Waals surface area contributed by atoms with Crippen molar-refractivity contribution in [2.75, 3.05) is 6.61 Å². The molecule has 3 heteroatoms.